The number of aliphatic imine (C=N–C) groups is 1. The summed E-state index contributed by atoms with van der Waals surface area (Å²) in [5.41, 5.74) is 7.42. The summed E-state index contributed by atoms with van der Waals surface area (Å²) in [6.45, 7) is 2.56. The number of rotatable bonds is 4. The van der Waals surface area contributed by atoms with Gasteiger partial charge in [-0.15, -0.1) is 0 Å². The first-order valence-corrected chi connectivity index (χ1v) is 8.98. The van der Waals surface area contributed by atoms with Crippen LogP contribution in [0.3, 0.4) is 0 Å². The van der Waals surface area contributed by atoms with Gasteiger partial charge < -0.3 is 4.74 Å². The molecule has 134 valence electrons. The van der Waals surface area contributed by atoms with Crippen LogP contribution in [0.5, 0.6) is 5.75 Å². The Hall–Kier alpha value is -3.18. The van der Waals surface area contributed by atoms with Gasteiger partial charge in [0, 0.05) is 34.1 Å². The number of ether oxygens (including phenoxy) is 1. The van der Waals surface area contributed by atoms with Crippen LogP contribution < -0.4 is 10.2 Å². The Morgan fingerprint density at radius 3 is 2.48 bits per heavy atom. The summed E-state index contributed by atoms with van der Waals surface area (Å²) < 4.78 is 5.67. The monoisotopic (exact) mass is 376 g/mol. The largest absolute Gasteiger partial charge is 0.494 e. The number of halogens is 1. The number of benzene rings is 2. The number of hydrazone groups is 1. The lowest BCUT2D eigenvalue weighted by Crippen LogP contribution is -2.19. The molecule has 1 aliphatic rings. The zero-order chi connectivity index (χ0) is 18.6. The standard InChI is InChI=1S/C21H17ClN4O/c1-2-27-17-7-8-19-18(13-17)20(14-9-11-23-12-10-14)25-26-21(24-19)15-3-5-16(22)6-4-15/h3-13H,2H2,1H3,(H,24,26). The number of fused-ring (bicyclic) bond motifs is 1. The average molecular weight is 377 g/mol. The summed E-state index contributed by atoms with van der Waals surface area (Å²) in [6.07, 6.45) is 3.49. The van der Waals surface area contributed by atoms with Gasteiger partial charge in [-0.3, -0.25) is 10.4 Å². The minimum absolute atomic E-state index is 0.595. The van der Waals surface area contributed by atoms with Crippen LogP contribution in [0.2, 0.25) is 5.02 Å². The van der Waals surface area contributed by atoms with Gasteiger partial charge in [0.25, 0.3) is 0 Å². The van der Waals surface area contributed by atoms with E-state index in [0.717, 1.165) is 33.8 Å². The van der Waals surface area contributed by atoms with Gasteiger partial charge in [0.15, 0.2) is 5.84 Å². The minimum Gasteiger partial charge on any atom is -0.494 e. The second-order valence-electron chi connectivity index (χ2n) is 5.89. The number of hydrogen-bond acceptors (Lipinski definition) is 5. The normalized spacial score (nSPS) is 13.0. The highest BCUT2D eigenvalue weighted by atomic mass is 35.5. The molecular weight excluding hydrogens is 360 g/mol. The molecule has 0 bridgehead atoms. The number of nitrogens with zero attached hydrogens (tertiary/aromatic N) is 3. The van der Waals surface area contributed by atoms with Gasteiger partial charge in [-0.1, -0.05) is 11.6 Å². The number of hydrogen-bond donors (Lipinski definition) is 1. The molecule has 4 rings (SSSR count). The van der Waals surface area contributed by atoms with Gasteiger partial charge in [0.05, 0.1) is 12.3 Å². The molecule has 5 nitrogen and oxygen atoms in total. The molecule has 0 fully saturated rings. The maximum absolute atomic E-state index is 6.01. The predicted molar refractivity (Wildman–Crippen MR) is 108 cm³/mol. The van der Waals surface area contributed by atoms with E-state index in [4.69, 9.17) is 21.3 Å². The van der Waals surface area contributed by atoms with E-state index < -0.39 is 0 Å². The molecule has 6 heteroatoms. The van der Waals surface area contributed by atoms with Crippen molar-refractivity contribution in [2.45, 2.75) is 6.92 Å². The number of aromatic nitrogens is 1. The van der Waals surface area contributed by atoms with Crippen LogP contribution in [0.25, 0.3) is 0 Å². The molecule has 1 N–H and O–H groups in total. The van der Waals surface area contributed by atoms with E-state index in [9.17, 15) is 0 Å². The van der Waals surface area contributed by atoms with E-state index in [1.165, 1.54) is 0 Å². The van der Waals surface area contributed by atoms with Crippen molar-refractivity contribution in [3.05, 3.63) is 88.7 Å². The van der Waals surface area contributed by atoms with Gasteiger partial charge >= 0.3 is 0 Å². The second kappa shape index (κ2) is 7.60. The molecule has 0 amide bonds. The second-order valence-corrected chi connectivity index (χ2v) is 6.32. The zero-order valence-corrected chi connectivity index (χ0v) is 15.4. The highest BCUT2D eigenvalue weighted by Crippen LogP contribution is 2.29. The van der Waals surface area contributed by atoms with Crippen molar-refractivity contribution in [1.82, 2.24) is 10.4 Å². The van der Waals surface area contributed by atoms with Crippen LogP contribution in [-0.4, -0.2) is 23.1 Å². The molecule has 0 spiro atoms. The molecule has 0 radical (unpaired) electrons. The van der Waals surface area contributed by atoms with Crippen molar-refractivity contribution in [3.8, 4) is 5.75 Å². The van der Waals surface area contributed by atoms with E-state index in [1.54, 1.807) is 12.4 Å². The summed E-state index contributed by atoms with van der Waals surface area (Å²) in [6, 6.07) is 17.2. The van der Waals surface area contributed by atoms with Crippen molar-refractivity contribution in [3.63, 3.8) is 0 Å². The topological polar surface area (TPSA) is 58.9 Å². The van der Waals surface area contributed by atoms with Crippen molar-refractivity contribution in [1.29, 1.82) is 0 Å². The van der Waals surface area contributed by atoms with E-state index >= 15 is 0 Å². The molecule has 2 heterocycles. The predicted octanol–water partition coefficient (Wildman–Crippen LogP) is 4.57. The van der Waals surface area contributed by atoms with Crippen molar-refractivity contribution < 1.29 is 4.74 Å². The first kappa shape index (κ1) is 17.2. The fraction of sp³-hybridized carbons (Fsp3) is 0.0952. The minimum atomic E-state index is 0.595. The maximum Gasteiger partial charge on any atom is 0.154 e. The molecule has 0 atom stereocenters. The average Bonchev–Trinajstić information content (AvgIpc) is 2.89. The van der Waals surface area contributed by atoms with Gasteiger partial charge in [-0.05, 0) is 61.5 Å². The Labute approximate surface area is 162 Å². The molecule has 0 aliphatic carbocycles. The highest BCUT2D eigenvalue weighted by molar-refractivity contribution is 6.30. The zero-order valence-electron chi connectivity index (χ0n) is 14.7. The van der Waals surface area contributed by atoms with Crippen LogP contribution in [0, 0.1) is 0 Å². The number of amidine groups is 1. The third kappa shape index (κ3) is 3.68. The van der Waals surface area contributed by atoms with Crippen LogP contribution >= 0.6 is 11.6 Å². The lowest BCUT2D eigenvalue weighted by Gasteiger charge is -2.10. The number of nitrogens with one attached hydrogen (secondary N) is 1. The first-order valence-electron chi connectivity index (χ1n) is 8.60. The van der Waals surface area contributed by atoms with Crippen molar-refractivity contribution in [2.24, 2.45) is 10.1 Å². The van der Waals surface area contributed by atoms with Crippen molar-refractivity contribution in [2.75, 3.05) is 6.61 Å². The van der Waals surface area contributed by atoms with Gasteiger partial charge in [0.2, 0.25) is 0 Å². The molecule has 0 saturated carbocycles. The Morgan fingerprint density at radius 1 is 0.963 bits per heavy atom. The van der Waals surface area contributed by atoms with Crippen LogP contribution in [0.15, 0.2) is 77.1 Å². The summed E-state index contributed by atoms with van der Waals surface area (Å²) in [5.74, 6) is 1.43. The summed E-state index contributed by atoms with van der Waals surface area (Å²) >= 11 is 6.01. The highest BCUT2D eigenvalue weighted by Gasteiger charge is 2.18. The first-order chi connectivity index (χ1) is 13.2. The van der Waals surface area contributed by atoms with Gasteiger partial charge in [0.1, 0.15) is 11.5 Å². The van der Waals surface area contributed by atoms with E-state index in [1.807, 2.05) is 61.5 Å². The van der Waals surface area contributed by atoms with E-state index in [2.05, 4.69) is 15.5 Å². The molecular formula is C21H17ClN4O. The Morgan fingerprint density at radius 2 is 1.74 bits per heavy atom. The van der Waals surface area contributed by atoms with Gasteiger partial charge in [-0.2, -0.15) is 5.10 Å². The molecule has 27 heavy (non-hydrogen) atoms. The Kier molecular flexibility index (Phi) is 4.85. The summed E-state index contributed by atoms with van der Waals surface area (Å²) in [7, 11) is 0. The molecule has 2 aromatic carbocycles. The molecule has 1 aromatic heterocycles. The summed E-state index contributed by atoms with van der Waals surface area (Å²) in [5, 5.41) is 5.31. The van der Waals surface area contributed by atoms with Crippen molar-refractivity contribution >= 4 is 28.8 Å². The van der Waals surface area contributed by atoms with Gasteiger partial charge in [-0.25, -0.2) is 4.99 Å². The quantitative estimate of drug-likeness (QED) is 0.725. The SMILES string of the molecule is CCOc1ccc2c(c1)C(c1ccncc1)=NNC(c1ccc(Cl)cc1)=N2. The van der Waals surface area contributed by atoms with Crippen LogP contribution in [0.4, 0.5) is 5.69 Å². The molecule has 0 saturated heterocycles. The lowest BCUT2D eigenvalue weighted by atomic mass is 10.0. The van der Waals surface area contributed by atoms with Crippen LogP contribution in [0.1, 0.15) is 23.6 Å². The summed E-state index contributed by atoms with van der Waals surface area (Å²) in [4.78, 5) is 8.89. The molecule has 1 aliphatic heterocycles. The maximum atomic E-state index is 6.01. The smallest absolute Gasteiger partial charge is 0.154 e. The Bertz CT molecular complexity index is 1010. The van der Waals surface area contributed by atoms with E-state index in [-0.39, 0.29) is 0 Å². The van der Waals surface area contributed by atoms with E-state index in [0.29, 0.717) is 17.5 Å². The Balaban J connectivity index is 1.85. The van der Waals surface area contributed by atoms with Crippen LogP contribution in [-0.2, 0) is 0 Å². The fourth-order valence-electron chi connectivity index (χ4n) is 2.84. The third-order valence-corrected chi connectivity index (χ3v) is 4.36. The number of pyridine rings is 1. The lowest BCUT2D eigenvalue weighted by molar-refractivity contribution is 0.340. The third-order valence-electron chi connectivity index (χ3n) is 4.11. The molecule has 0 unspecified atom stereocenters. The molecule has 3 aromatic rings. The fourth-order valence-corrected chi connectivity index (χ4v) is 2.97.